The van der Waals surface area contributed by atoms with Gasteiger partial charge in [-0.15, -0.1) is 0 Å². The Kier molecular flexibility index (Phi) is 9.99. The van der Waals surface area contributed by atoms with Gasteiger partial charge in [-0.1, -0.05) is 57.3 Å². The van der Waals surface area contributed by atoms with Gasteiger partial charge in [-0.3, -0.25) is 0 Å². The molecule has 1 fully saturated rings. The van der Waals surface area contributed by atoms with E-state index in [0.717, 1.165) is 5.69 Å². The molecule has 2 aromatic carbocycles. The van der Waals surface area contributed by atoms with Crippen molar-refractivity contribution in [1.82, 2.24) is 4.90 Å². The summed E-state index contributed by atoms with van der Waals surface area (Å²) < 4.78 is 80.1. The number of benzene rings is 2. The summed E-state index contributed by atoms with van der Waals surface area (Å²) in [4.78, 5) is 3.10. The van der Waals surface area contributed by atoms with Crippen LogP contribution < -0.4 is 4.90 Å². The fraction of sp³-hybridized carbons (Fsp3) is 0.379. The van der Waals surface area contributed by atoms with Gasteiger partial charge in [0.05, 0.1) is 12.3 Å². The van der Waals surface area contributed by atoms with Gasteiger partial charge in [0, 0.05) is 47.9 Å². The van der Waals surface area contributed by atoms with Gasteiger partial charge < -0.3 is 9.80 Å². The molecule has 0 N–H and O–H groups in total. The van der Waals surface area contributed by atoms with Crippen LogP contribution in [0.5, 0.6) is 0 Å². The van der Waals surface area contributed by atoms with E-state index >= 15 is 4.39 Å². The fourth-order valence-corrected chi connectivity index (χ4v) is 4.52. The van der Waals surface area contributed by atoms with Crippen molar-refractivity contribution in [1.29, 1.82) is 0 Å². The van der Waals surface area contributed by atoms with Gasteiger partial charge in [-0.05, 0) is 31.0 Å². The summed E-state index contributed by atoms with van der Waals surface area (Å²) >= 11 is 0. The van der Waals surface area contributed by atoms with Gasteiger partial charge in [0.15, 0.2) is 0 Å². The fourth-order valence-electron chi connectivity index (χ4n) is 4.52. The van der Waals surface area contributed by atoms with Crippen molar-refractivity contribution < 1.29 is 26.3 Å². The van der Waals surface area contributed by atoms with Crippen molar-refractivity contribution in [2.24, 2.45) is 16.1 Å². The van der Waals surface area contributed by atoms with E-state index < -0.39 is 24.1 Å². The topological polar surface area (TPSA) is 31.2 Å². The van der Waals surface area contributed by atoms with Gasteiger partial charge >= 0.3 is 6.18 Å². The molecule has 1 saturated heterocycles. The van der Waals surface area contributed by atoms with Crippen LogP contribution in [0.4, 0.5) is 32.0 Å². The number of para-hydroxylation sites is 1. The molecule has 0 unspecified atom stereocenters. The summed E-state index contributed by atoms with van der Waals surface area (Å²) in [6, 6.07) is 13.7. The summed E-state index contributed by atoms with van der Waals surface area (Å²) in [6.45, 7) is 12.0. The lowest BCUT2D eigenvalue weighted by Crippen LogP contribution is -2.40. The maximum absolute atomic E-state index is 15.2. The van der Waals surface area contributed by atoms with Crippen LogP contribution in [0.25, 0.3) is 0 Å². The number of halogens is 6. The predicted octanol–water partition coefficient (Wildman–Crippen LogP) is 7.97. The third kappa shape index (κ3) is 7.30. The largest absolute Gasteiger partial charge is 0.430 e. The van der Waals surface area contributed by atoms with Crippen molar-refractivity contribution in [3.8, 4) is 0 Å². The van der Waals surface area contributed by atoms with Crippen LogP contribution in [-0.4, -0.2) is 42.0 Å². The maximum atomic E-state index is 15.2. The molecule has 39 heavy (non-hydrogen) atoms. The number of anilines is 1. The summed E-state index contributed by atoms with van der Waals surface area (Å²) in [5.74, 6) is -0.631. The quantitative estimate of drug-likeness (QED) is 0.312. The van der Waals surface area contributed by atoms with E-state index in [-0.39, 0.29) is 43.4 Å². The van der Waals surface area contributed by atoms with E-state index in [9.17, 15) is 22.0 Å². The average Bonchev–Trinajstić information content (AvgIpc) is 3.44. The Morgan fingerprint density at radius 3 is 2.21 bits per heavy atom. The first kappa shape index (κ1) is 30.0. The summed E-state index contributed by atoms with van der Waals surface area (Å²) in [7, 11) is 0. The number of nitrogens with zero attached hydrogens (tertiary/aromatic N) is 4. The standard InChI is InChI=1S/C27H26F6N4.C2H6/c1-17(19-10-12-36(13-11-19)18(2)27(31,32)33)37(22-6-4-3-5-7-22)16-21-9-8-20(14-23(21)28)24-15-25(26(29)30)35-34-24;1-2/h3-9,14,19,26H,1-2,10-13,15-16H2;1-2H3. The van der Waals surface area contributed by atoms with Crippen molar-refractivity contribution in [2.75, 3.05) is 18.0 Å². The molecule has 10 heteroatoms. The number of hydrogen-bond donors (Lipinski definition) is 0. The zero-order valence-corrected chi connectivity index (χ0v) is 22.0. The Morgan fingerprint density at radius 1 is 1.03 bits per heavy atom. The van der Waals surface area contributed by atoms with E-state index in [0.29, 0.717) is 29.7 Å². The third-order valence-electron chi connectivity index (χ3n) is 6.70. The second kappa shape index (κ2) is 13.0. The Balaban J connectivity index is 0.00000205. The van der Waals surface area contributed by atoms with Gasteiger partial charge in [-0.25, -0.2) is 13.2 Å². The molecule has 2 heterocycles. The molecule has 0 radical (unpaired) electrons. The van der Waals surface area contributed by atoms with E-state index in [2.05, 4.69) is 23.4 Å². The Labute approximate surface area is 225 Å². The van der Waals surface area contributed by atoms with Gasteiger partial charge in [0.1, 0.15) is 17.2 Å². The molecule has 2 aromatic rings. The lowest BCUT2D eigenvalue weighted by Gasteiger charge is -2.39. The van der Waals surface area contributed by atoms with Gasteiger partial charge in [-0.2, -0.15) is 23.4 Å². The highest BCUT2D eigenvalue weighted by atomic mass is 19.4. The molecule has 0 bridgehead atoms. The van der Waals surface area contributed by atoms with Crippen molar-refractivity contribution in [2.45, 2.75) is 52.3 Å². The normalized spacial score (nSPS) is 15.9. The number of likely N-dealkylation sites (tertiary alicyclic amines) is 1. The highest BCUT2D eigenvalue weighted by Gasteiger charge is 2.38. The SMILES string of the molecule is C=C(C1CCN(C(=C)C(F)(F)F)CC1)N(Cc1ccc(C2=NN=C(C(F)F)C2)cc1F)c1ccccc1.CC. The van der Waals surface area contributed by atoms with Gasteiger partial charge in [0.25, 0.3) is 6.43 Å². The first-order valence-corrected chi connectivity index (χ1v) is 12.8. The van der Waals surface area contributed by atoms with E-state index in [1.807, 2.05) is 49.1 Å². The summed E-state index contributed by atoms with van der Waals surface area (Å²) in [6.07, 6.45) is -6.42. The highest BCUT2D eigenvalue weighted by Crippen LogP contribution is 2.35. The molecule has 2 aliphatic rings. The molecule has 0 amide bonds. The number of rotatable bonds is 8. The molecule has 0 atom stereocenters. The highest BCUT2D eigenvalue weighted by molar-refractivity contribution is 6.15. The summed E-state index contributed by atoms with van der Waals surface area (Å²) in [5.41, 5.74) is 1.26. The second-order valence-electron chi connectivity index (χ2n) is 9.04. The van der Waals surface area contributed by atoms with Crippen LogP contribution in [0.15, 0.2) is 83.3 Å². The molecule has 0 saturated carbocycles. The van der Waals surface area contributed by atoms with Crippen molar-refractivity contribution in [3.63, 3.8) is 0 Å². The Hall–Kier alpha value is -3.56. The molecular formula is C29H32F6N4. The zero-order chi connectivity index (χ0) is 28.7. The van der Waals surface area contributed by atoms with Crippen LogP contribution in [0.3, 0.4) is 0 Å². The molecule has 0 aromatic heterocycles. The number of piperidine rings is 1. The lowest BCUT2D eigenvalue weighted by molar-refractivity contribution is -0.112. The van der Waals surface area contributed by atoms with Crippen LogP contribution in [-0.2, 0) is 6.54 Å². The van der Waals surface area contributed by atoms with E-state index in [1.54, 1.807) is 12.1 Å². The molecular weight excluding hydrogens is 518 g/mol. The Bertz CT molecular complexity index is 1210. The lowest BCUT2D eigenvalue weighted by atomic mass is 9.92. The first-order chi connectivity index (χ1) is 18.5. The first-order valence-electron chi connectivity index (χ1n) is 12.8. The van der Waals surface area contributed by atoms with E-state index in [4.69, 9.17) is 0 Å². The molecule has 210 valence electrons. The van der Waals surface area contributed by atoms with Crippen molar-refractivity contribution in [3.05, 3.63) is 90.0 Å². The second-order valence-corrected chi connectivity index (χ2v) is 9.04. The van der Waals surface area contributed by atoms with Crippen LogP contribution in [0.2, 0.25) is 0 Å². The third-order valence-corrected chi connectivity index (χ3v) is 6.70. The molecule has 4 rings (SSSR count). The van der Waals surface area contributed by atoms with Crippen molar-refractivity contribution >= 4 is 17.1 Å². The van der Waals surface area contributed by atoms with Crippen LogP contribution in [0.1, 0.15) is 44.2 Å². The van der Waals surface area contributed by atoms with Gasteiger partial charge in [0.2, 0.25) is 0 Å². The minimum Gasteiger partial charge on any atom is -0.368 e. The predicted molar refractivity (Wildman–Crippen MR) is 144 cm³/mol. The number of allylic oxidation sites excluding steroid dienone is 2. The maximum Gasteiger partial charge on any atom is 0.430 e. The van der Waals surface area contributed by atoms with Crippen LogP contribution in [0, 0.1) is 11.7 Å². The monoisotopic (exact) mass is 550 g/mol. The number of hydrogen-bond acceptors (Lipinski definition) is 4. The molecule has 2 aliphatic heterocycles. The Morgan fingerprint density at radius 2 is 1.67 bits per heavy atom. The smallest absolute Gasteiger partial charge is 0.368 e. The molecule has 4 nitrogen and oxygen atoms in total. The summed E-state index contributed by atoms with van der Waals surface area (Å²) in [5, 5.41) is 7.24. The minimum atomic E-state index is -4.47. The molecule has 0 aliphatic carbocycles. The van der Waals surface area contributed by atoms with E-state index in [1.165, 1.54) is 11.0 Å². The number of alkyl halides is 5. The molecule has 0 spiro atoms. The zero-order valence-electron chi connectivity index (χ0n) is 22.0. The van der Waals surface area contributed by atoms with Crippen LogP contribution >= 0.6 is 0 Å². The average molecular weight is 551 g/mol. The minimum absolute atomic E-state index is 0.0995.